The van der Waals surface area contributed by atoms with Gasteiger partial charge in [-0.15, -0.1) is 41.2 Å². The topological polar surface area (TPSA) is 58.9 Å². The minimum Gasteiger partial charge on any atom is -0.675 e. The molecule has 0 aliphatic heterocycles. The Morgan fingerprint density at radius 1 is 0.750 bits per heavy atom. The molecule has 4 aromatic carbocycles. The van der Waals surface area contributed by atoms with Crippen LogP contribution >= 0.6 is 0 Å². The predicted octanol–water partition coefficient (Wildman–Crippen LogP) is 11.8. The standard InChI is InChI=1S/C32H30N3.C10H22N2.Ir/c1-19(2)25-16-21-12-8-10-14-24(21)27-28-29(33-18-34-31(28)35(6)30(25)27)22-15-20-11-7-9-13-23(20)26(17-22)32(3,4)5;1-7(2)10(11-8(3)4)12-9(5)6;/h7-14,16-19H,1-6H3;7-10H,1-6H3;/q-1;-2;+3. The van der Waals surface area contributed by atoms with Crippen molar-refractivity contribution in [3.05, 3.63) is 94.8 Å². The van der Waals surface area contributed by atoms with Gasteiger partial charge in [0.05, 0.1) is 5.52 Å². The van der Waals surface area contributed by atoms with E-state index < -0.39 is 0 Å². The minimum atomic E-state index is -0.00807. The van der Waals surface area contributed by atoms with Gasteiger partial charge in [0, 0.05) is 23.5 Å². The Morgan fingerprint density at radius 3 is 1.94 bits per heavy atom. The van der Waals surface area contributed by atoms with E-state index >= 15 is 0 Å². The zero-order valence-electron chi connectivity index (χ0n) is 30.8. The Labute approximate surface area is 301 Å². The van der Waals surface area contributed by atoms with Gasteiger partial charge in [-0.2, -0.15) is 0 Å². The molecule has 0 aliphatic carbocycles. The van der Waals surface area contributed by atoms with Crippen LogP contribution in [-0.4, -0.2) is 32.8 Å². The van der Waals surface area contributed by atoms with Crippen molar-refractivity contribution in [1.29, 1.82) is 0 Å². The van der Waals surface area contributed by atoms with Gasteiger partial charge < -0.3 is 15.2 Å². The maximum atomic E-state index is 4.90. The number of hydrogen-bond donors (Lipinski definition) is 0. The summed E-state index contributed by atoms with van der Waals surface area (Å²) in [6, 6.07) is 26.3. The Hall–Kier alpha value is -3.15. The van der Waals surface area contributed by atoms with Gasteiger partial charge in [0.1, 0.15) is 12.0 Å². The fraction of sp³-hybridized carbons (Fsp3) is 0.429. The number of benzene rings is 4. The van der Waals surface area contributed by atoms with Gasteiger partial charge in [0.25, 0.3) is 0 Å². The van der Waals surface area contributed by atoms with Crippen molar-refractivity contribution < 1.29 is 20.1 Å². The van der Waals surface area contributed by atoms with E-state index in [-0.39, 0.29) is 31.7 Å². The van der Waals surface area contributed by atoms with Crippen molar-refractivity contribution in [2.75, 3.05) is 0 Å². The quantitative estimate of drug-likeness (QED) is 0.151. The fourth-order valence-electron chi connectivity index (χ4n) is 6.56. The molecule has 5 nitrogen and oxygen atoms in total. The van der Waals surface area contributed by atoms with Crippen LogP contribution in [0, 0.1) is 12.0 Å². The number of rotatable bonds is 7. The molecule has 0 bridgehead atoms. The number of nitrogens with zero attached hydrogens (tertiary/aromatic N) is 5. The Morgan fingerprint density at radius 2 is 1.35 bits per heavy atom. The monoisotopic (exact) mass is 819 g/mol. The fourth-order valence-corrected chi connectivity index (χ4v) is 6.56. The van der Waals surface area contributed by atoms with Gasteiger partial charge in [-0.05, 0) is 33.7 Å². The summed E-state index contributed by atoms with van der Waals surface area (Å²) in [4.78, 5) is 9.68. The number of aromatic nitrogens is 3. The van der Waals surface area contributed by atoms with E-state index in [9.17, 15) is 0 Å². The molecule has 0 fully saturated rings. The molecule has 2 aromatic heterocycles. The second kappa shape index (κ2) is 15.2. The Balaban J connectivity index is 0.000000345. The first-order valence-corrected chi connectivity index (χ1v) is 17.2. The normalized spacial score (nSPS) is 12.3. The molecule has 0 saturated carbocycles. The number of aryl methyl sites for hydroxylation is 1. The summed E-state index contributed by atoms with van der Waals surface area (Å²) in [6.45, 7) is 24.1. The number of hydrogen-bond acceptors (Lipinski definition) is 2. The van der Waals surface area contributed by atoms with E-state index in [1.165, 1.54) is 38.2 Å². The third-order valence-corrected chi connectivity index (χ3v) is 8.74. The summed E-state index contributed by atoms with van der Waals surface area (Å²) >= 11 is 0. The molecule has 254 valence electrons. The first-order chi connectivity index (χ1) is 22.2. The SMILES string of the molecule is CC(C)[N-]C([N-]C(C)C)C(C)C.CC(C)c1cc2ccccc2c2c3c(-c4[c-]c5ccccc5c(C(C)(C)C)c4)ncnc3n(C)c12.[Ir+3]. The molecule has 0 unspecified atom stereocenters. The van der Waals surface area contributed by atoms with Gasteiger partial charge >= 0.3 is 20.1 Å². The molecule has 0 atom stereocenters. The van der Waals surface area contributed by atoms with Crippen molar-refractivity contribution in [1.82, 2.24) is 14.5 Å². The van der Waals surface area contributed by atoms with Crippen molar-refractivity contribution in [2.45, 2.75) is 106 Å². The van der Waals surface area contributed by atoms with E-state index in [0.717, 1.165) is 27.7 Å². The molecule has 0 saturated heterocycles. The summed E-state index contributed by atoms with van der Waals surface area (Å²) in [7, 11) is 2.13. The van der Waals surface area contributed by atoms with Crippen molar-refractivity contribution in [3.63, 3.8) is 0 Å². The largest absolute Gasteiger partial charge is 3.00 e. The summed E-state index contributed by atoms with van der Waals surface area (Å²) < 4.78 is 2.25. The van der Waals surface area contributed by atoms with Crippen LogP contribution in [0.3, 0.4) is 0 Å². The van der Waals surface area contributed by atoms with Crippen LogP contribution in [0.4, 0.5) is 0 Å². The first kappa shape index (κ1) is 37.7. The average molecular weight is 819 g/mol. The molecule has 48 heavy (non-hydrogen) atoms. The summed E-state index contributed by atoms with van der Waals surface area (Å²) in [6.07, 6.45) is 1.89. The molecule has 6 aromatic rings. The summed E-state index contributed by atoms with van der Waals surface area (Å²) in [5.41, 5.74) is 6.81. The molecule has 0 aliphatic rings. The van der Waals surface area contributed by atoms with Gasteiger partial charge in [0.15, 0.2) is 0 Å². The van der Waals surface area contributed by atoms with Crippen LogP contribution in [0.2, 0.25) is 0 Å². The average Bonchev–Trinajstić information content (AvgIpc) is 3.31. The Kier molecular flexibility index (Phi) is 11.9. The minimum absolute atomic E-state index is 0. The van der Waals surface area contributed by atoms with Crippen LogP contribution in [0.25, 0.3) is 65.4 Å². The van der Waals surface area contributed by atoms with Crippen LogP contribution in [0.1, 0.15) is 93.2 Å². The van der Waals surface area contributed by atoms with Gasteiger partial charge in [-0.1, -0.05) is 135 Å². The van der Waals surface area contributed by atoms with Gasteiger partial charge in [-0.25, -0.2) is 11.1 Å². The van der Waals surface area contributed by atoms with E-state index in [1.54, 1.807) is 6.33 Å². The van der Waals surface area contributed by atoms with E-state index in [0.29, 0.717) is 23.9 Å². The summed E-state index contributed by atoms with van der Waals surface area (Å²) in [5.74, 6) is 0.913. The first-order valence-electron chi connectivity index (χ1n) is 17.2. The van der Waals surface area contributed by atoms with E-state index in [1.807, 2.05) is 0 Å². The smallest absolute Gasteiger partial charge is 0.675 e. The molecular weight excluding hydrogens is 767 g/mol. The van der Waals surface area contributed by atoms with E-state index in [4.69, 9.17) is 9.97 Å². The zero-order valence-corrected chi connectivity index (χ0v) is 33.2. The summed E-state index contributed by atoms with van der Waals surface area (Å²) in [5, 5.41) is 16.3. The molecule has 0 N–H and O–H groups in total. The second-order valence-corrected chi connectivity index (χ2v) is 15.1. The predicted molar refractivity (Wildman–Crippen MR) is 204 cm³/mol. The molecule has 6 rings (SSSR count). The molecule has 0 radical (unpaired) electrons. The molecule has 2 heterocycles. The third kappa shape index (κ3) is 7.68. The Bertz CT molecular complexity index is 2000. The van der Waals surface area contributed by atoms with Crippen molar-refractivity contribution >= 4 is 43.5 Å². The van der Waals surface area contributed by atoms with Crippen molar-refractivity contribution in [2.24, 2.45) is 13.0 Å². The molecular formula is C42H52IrN5. The van der Waals surface area contributed by atoms with Crippen LogP contribution in [0.15, 0.2) is 67.0 Å². The van der Waals surface area contributed by atoms with Gasteiger partial charge in [0.2, 0.25) is 0 Å². The number of fused-ring (bicyclic) bond motifs is 6. The van der Waals surface area contributed by atoms with E-state index in [2.05, 4.69) is 165 Å². The van der Waals surface area contributed by atoms with Crippen molar-refractivity contribution in [3.8, 4) is 11.3 Å². The van der Waals surface area contributed by atoms with Crippen LogP contribution < -0.4 is 0 Å². The van der Waals surface area contributed by atoms with Crippen LogP contribution in [0.5, 0.6) is 0 Å². The molecule has 6 heteroatoms. The molecule has 0 amide bonds. The molecule has 0 spiro atoms. The van der Waals surface area contributed by atoms with Gasteiger partial charge in [-0.3, -0.25) is 4.98 Å². The second-order valence-electron chi connectivity index (χ2n) is 15.1. The maximum Gasteiger partial charge on any atom is 3.00 e. The maximum absolute atomic E-state index is 4.90. The third-order valence-electron chi connectivity index (χ3n) is 8.74. The zero-order chi connectivity index (χ0) is 34.2. The van der Waals surface area contributed by atoms with Crippen LogP contribution in [-0.2, 0) is 32.6 Å².